The van der Waals surface area contributed by atoms with E-state index in [0.29, 0.717) is 12.1 Å². The molecule has 0 bridgehead atoms. The Labute approximate surface area is 129 Å². The third-order valence-electron chi connectivity index (χ3n) is 4.66. The molecule has 2 aliphatic rings. The van der Waals surface area contributed by atoms with E-state index < -0.39 is 4.92 Å². The molecule has 0 aliphatic carbocycles. The smallest absolute Gasteiger partial charge is 0.288 e. The van der Waals surface area contributed by atoms with Crippen LogP contribution < -0.4 is 0 Å². The number of halogens is 1. The lowest BCUT2D eigenvalue weighted by molar-refractivity contribution is -0.384. The molecule has 0 spiro atoms. The van der Waals surface area contributed by atoms with Crippen molar-refractivity contribution in [2.75, 3.05) is 19.6 Å². The van der Waals surface area contributed by atoms with Crippen LogP contribution in [-0.4, -0.2) is 46.4 Å². The molecule has 0 radical (unpaired) electrons. The molecule has 0 N–H and O–H groups in total. The molecule has 1 aromatic carbocycles. The van der Waals surface area contributed by atoms with Crippen LogP contribution in [0.3, 0.4) is 0 Å². The van der Waals surface area contributed by atoms with Gasteiger partial charge in [0.15, 0.2) is 0 Å². The Morgan fingerprint density at radius 2 is 2.24 bits per heavy atom. The maximum Gasteiger partial charge on any atom is 0.288 e. The van der Waals surface area contributed by atoms with Gasteiger partial charge in [-0.1, -0.05) is 17.7 Å². The van der Waals surface area contributed by atoms with E-state index in [1.807, 2.05) is 6.07 Å². The quantitative estimate of drug-likeness (QED) is 0.636. The van der Waals surface area contributed by atoms with Crippen LogP contribution in [0.5, 0.6) is 0 Å². The SMILES string of the molecule is CC1CN2CCCC2CN1Cc1ccc(Cl)c([N+](=O)[O-])c1. The second-order valence-electron chi connectivity index (χ2n) is 6.11. The Bertz CT molecular complexity index is 552. The molecular formula is C15H20ClN3O2. The zero-order chi connectivity index (χ0) is 15.0. The van der Waals surface area contributed by atoms with Crippen molar-refractivity contribution in [2.45, 2.75) is 38.4 Å². The van der Waals surface area contributed by atoms with E-state index in [1.165, 1.54) is 19.4 Å². The van der Waals surface area contributed by atoms with Crippen LogP contribution in [0.4, 0.5) is 5.69 Å². The zero-order valence-electron chi connectivity index (χ0n) is 12.2. The van der Waals surface area contributed by atoms with E-state index in [9.17, 15) is 10.1 Å². The highest BCUT2D eigenvalue weighted by Crippen LogP contribution is 2.28. The molecule has 2 aliphatic heterocycles. The zero-order valence-corrected chi connectivity index (χ0v) is 12.9. The van der Waals surface area contributed by atoms with Gasteiger partial charge < -0.3 is 0 Å². The topological polar surface area (TPSA) is 49.6 Å². The number of nitrogens with zero attached hydrogens (tertiary/aromatic N) is 3. The lowest BCUT2D eigenvalue weighted by Gasteiger charge is -2.42. The van der Waals surface area contributed by atoms with Crippen molar-refractivity contribution in [1.29, 1.82) is 0 Å². The van der Waals surface area contributed by atoms with Gasteiger partial charge in [0, 0.05) is 37.8 Å². The van der Waals surface area contributed by atoms with Crippen LogP contribution in [0.15, 0.2) is 18.2 Å². The summed E-state index contributed by atoms with van der Waals surface area (Å²) in [6.45, 7) is 6.36. The molecular weight excluding hydrogens is 290 g/mol. The normalized spacial score (nSPS) is 26.8. The number of piperazine rings is 1. The minimum atomic E-state index is -0.413. The van der Waals surface area contributed by atoms with Gasteiger partial charge in [-0.2, -0.15) is 0 Å². The monoisotopic (exact) mass is 309 g/mol. The summed E-state index contributed by atoms with van der Waals surface area (Å²) < 4.78 is 0. The lowest BCUT2D eigenvalue weighted by atomic mass is 10.1. The number of nitro groups is 1. The van der Waals surface area contributed by atoms with E-state index in [2.05, 4.69) is 16.7 Å². The highest BCUT2D eigenvalue weighted by atomic mass is 35.5. The van der Waals surface area contributed by atoms with Gasteiger partial charge in [-0.15, -0.1) is 0 Å². The van der Waals surface area contributed by atoms with Crippen LogP contribution >= 0.6 is 11.6 Å². The molecule has 0 saturated carbocycles. The van der Waals surface area contributed by atoms with Gasteiger partial charge in [0.25, 0.3) is 5.69 Å². The van der Waals surface area contributed by atoms with Crippen LogP contribution in [0.2, 0.25) is 5.02 Å². The number of rotatable bonds is 3. The highest BCUT2D eigenvalue weighted by molar-refractivity contribution is 6.32. The maximum absolute atomic E-state index is 11.0. The first-order valence-electron chi connectivity index (χ1n) is 7.45. The highest BCUT2D eigenvalue weighted by Gasteiger charge is 2.34. The number of hydrogen-bond acceptors (Lipinski definition) is 4. The van der Waals surface area contributed by atoms with Crippen LogP contribution in [0.1, 0.15) is 25.3 Å². The molecule has 0 aromatic heterocycles. The second-order valence-corrected chi connectivity index (χ2v) is 6.52. The van der Waals surface area contributed by atoms with Gasteiger partial charge in [0.2, 0.25) is 0 Å². The van der Waals surface area contributed by atoms with Crippen LogP contribution in [-0.2, 0) is 6.54 Å². The first-order chi connectivity index (χ1) is 10.0. The third kappa shape index (κ3) is 3.05. The van der Waals surface area contributed by atoms with E-state index in [-0.39, 0.29) is 10.7 Å². The fourth-order valence-electron chi connectivity index (χ4n) is 3.50. The van der Waals surface area contributed by atoms with Gasteiger partial charge >= 0.3 is 0 Å². The van der Waals surface area contributed by atoms with Gasteiger partial charge in [0.1, 0.15) is 5.02 Å². The molecule has 6 heteroatoms. The average Bonchev–Trinajstić information content (AvgIpc) is 2.88. The van der Waals surface area contributed by atoms with Crippen molar-refractivity contribution in [2.24, 2.45) is 0 Å². The summed E-state index contributed by atoms with van der Waals surface area (Å²) in [5.41, 5.74) is 0.964. The van der Waals surface area contributed by atoms with E-state index in [4.69, 9.17) is 11.6 Å². The molecule has 2 unspecified atom stereocenters. The molecule has 0 amide bonds. The van der Waals surface area contributed by atoms with E-state index >= 15 is 0 Å². The van der Waals surface area contributed by atoms with Crippen molar-refractivity contribution >= 4 is 17.3 Å². The summed E-state index contributed by atoms with van der Waals surface area (Å²) in [6.07, 6.45) is 2.56. The Hall–Kier alpha value is -1.17. The molecule has 2 fully saturated rings. The van der Waals surface area contributed by atoms with E-state index in [0.717, 1.165) is 25.2 Å². The molecule has 2 saturated heterocycles. The molecule has 1 aromatic rings. The van der Waals surface area contributed by atoms with Crippen molar-refractivity contribution in [3.8, 4) is 0 Å². The Morgan fingerprint density at radius 1 is 1.43 bits per heavy atom. The van der Waals surface area contributed by atoms with Crippen molar-refractivity contribution in [1.82, 2.24) is 9.80 Å². The summed E-state index contributed by atoms with van der Waals surface area (Å²) >= 11 is 5.87. The van der Waals surface area contributed by atoms with Gasteiger partial charge in [-0.05, 0) is 37.9 Å². The molecule has 114 valence electrons. The fourth-order valence-corrected chi connectivity index (χ4v) is 3.69. The summed E-state index contributed by atoms with van der Waals surface area (Å²) in [5, 5.41) is 11.2. The second kappa shape index (κ2) is 5.91. The van der Waals surface area contributed by atoms with Crippen LogP contribution in [0.25, 0.3) is 0 Å². The Kier molecular flexibility index (Phi) is 4.15. The minimum Gasteiger partial charge on any atom is -0.298 e. The predicted molar refractivity (Wildman–Crippen MR) is 82.6 cm³/mol. The van der Waals surface area contributed by atoms with Crippen molar-refractivity contribution < 1.29 is 4.92 Å². The van der Waals surface area contributed by atoms with E-state index in [1.54, 1.807) is 12.1 Å². The minimum absolute atomic E-state index is 0.00122. The first kappa shape index (κ1) is 14.8. The molecule has 5 nitrogen and oxygen atoms in total. The lowest BCUT2D eigenvalue weighted by Crippen LogP contribution is -2.54. The number of hydrogen-bond donors (Lipinski definition) is 0. The predicted octanol–water partition coefficient (Wildman–Crippen LogP) is 2.92. The Balaban J connectivity index is 1.74. The Morgan fingerprint density at radius 3 is 3.00 bits per heavy atom. The van der Waals surface area contributed by atoms with Crippen LogP contribution in [0, 0.1) is 10.1 Å². The maximum atomic E-state index is 11.0. The van der Waals surface area contributed by atoms with Gasteiger partial charge in [0.05, 0.1) is 4.92 Å². The number of fused-ring (bicyclic) bond motifs is 1. The number of nitro benzene ring substituents is 1. The molecule has 2 atom stereocenters. The molecule has 3 rings (SSSR count). The molecule has 21 heavy (non-hydrogen) atoms. The molecule has 2 heterocycles. The van der Waals surface area contributed by atoms with Crippen molar-refractivity contribution in [3.63, 3.8) is 0 Å². The van der Waals surface area contributed by atoms with Gasteiger partial charge in [-0.25, -0.2) is 0 Å². The van der Waals surface area contributed by atoms with Gasteiger partial charge in [-0.3, -0.25) is 19.9 Å². The average molecular weight is 310 g/mol. The fraction of sp³-hybridized carbons (Fsp3) is 0.600. The summed E-state index contributed by atoms with van der Waals surface area (Å²) in [7, 11) is 0. The third-order valence-corrected chi connectivity index (χ3v) is 4.98. The largest absolute Gasteiger partial charge is 0.298 e. The first-order valence-corrected chi connectivity index (χ1v) is 7.83. The summed E-state index contributed by atoms with van der Waals surface area (Å²) in [5.74, 6) is 0. The standard InChI is InChI=1S/C15H20ClN3O2/c1-11-8-17-6-2-3-13(17)10-18(11)9-12-4-5-14(16)15(7-12)19(20)21/h4-5,7,11,13H,2-3,6,8-10H2,1H3. The summed E-state index contributed by atoms with van der Waals surface area (Å²) in [6, 6.07) is 6.27. The number of benzene rings is 1. The summed E-state index contributed by atoms with van der Waals surface area (Å²) in [4.78, 5) is 15.6. The van der Waals surface area contributed by atoms with Crippen molar-refractivity contribution in [3.05, 3.63) is 38.9 Å².